The zero-order valence-corrected chi connectivity index (χ0v) is 12.8. The van der Waals surface area contributed by atoms with E-state index in [1.54, 1.807) is 13.2 Å². The number of halogens is 2. The molecule has 0 amide bonds. The quantitative estimate of drug-likeness (QED) is 0.704. The molecule has 0 bridgehead atoms. The summed E-state index contributed by atoms with van der Waals surface area (Å²) in [5.74, 6) is 0.737. The highest BCUT2D eigenvalue weighted by Crippen LogP contribution is 2.33. The van der Waals surface area contributed by atoms with Crippen LogP contribution in [0.15, 0.2) is 36.4 Å². The molecule has 20 heavy (non-hydrogen) atoms. The minimum absolute atomic E-state index is 0.614. The Bertz CT molecular complexity index is 773. The van der Waals surface area contributed by atoms with E-state index in [1.165, 1.54) is 11.3 Å². The van der Waals surface area contributed by atoms with Crippen molar-refractivity contribution in [3.8, 4) is 5.75 Å². The maximum absolute atomic E-state index is 6.16. The van der Waals surface area contributed by atoms with Crippen molar-refractivity contribution in [1.29, 1.82) is 0 Å². The summed E-state index contributed by atoms with van der Waals surface area (Å²) in [5.41, 5.74) is 1.66. The lowest BCUT2D eigenvalue weighted by Gasteiger charge is -2.07. The Hall–Kier alpha value is -1.49. The Morgan fingerprint density at radius 3 is 2.80 bits per heavy atom. The molecule has 0 radical (unpaired) electrons. The first-order valence-electron chi connectivity index (χ1n) is 5.82. The molecule has 0 fully saturated rings. The molecule has 6 heteroatoms. The van der Waals surface area contributed by atoms with Crippen LogP contribution in [0.25, 0.3) is 10.2 Å². The van der Waals surface area contributed by atoms with Gasteiger partial charge >= 0.3 is 0 Å². The van der Waals surface area contributed by atoms with Crippen LogP contribution in [0, 0.1) is 0 Å². The van der Waals surface area contributed by atoms with Crippen LogP contribution in [0.1, 0.15) is 0 Å². The third kappa shape index (κ3) is 2.68. The highest BCUT2D eigenvalue weighted by atomic mass is 35.5. The fraction of sp³-hybridized carbons (Fsp3) is 0.0714. The largest absolute Gasteiger partial charge is 0.497 e. The number of fused-ring (bicyclic) bond motifs is 1. The molecule has 2 aromatic carbocycles. The molecule has 1 aromatic heterocycles. The van der Waals surface area contributed by atoms with Gasteiger partial charge in [-0.2, -0.15) is 0 Å². The summed E-state index contributed by atoms with van der Waals surface area (Å²) in [6.07, 6.45) is 0. The molecule has 3 nitrogen and oxygen atoms in total. The van der Waals surface area contributed by atoms with E-state index in [-0.39, 0.29) is 0 Å². The third-order valence-corrected chi connectivity index (χ3v) is 4.26. The monoisotopic (exact) mass is 324 g/mol. The summed E-state index contributed by atoms with van der Waals surface area (Å²) in [5, 5.41) is 5.28. The number of nitrogens with zero attached hydrogens (tertiary/aromatic N) is 1. The predicted octanol–water partition coefficient (Wildman–Crippen LogP) is 5.36. The minimum Gasteiger partial charge on any atom is -0.497 e. The predicted molar refractivity (Wildman–Crippen MR) is 85.9 cm³/mol. The Labute approximate surface area is 130 Å². The molecule has 0 atom stereocenters. The molecular formula is C14H10Cl2N2OS. The number of hydrogen-bond acceptors (Lipinski definition) is 4. The Balaban J connectivity index is 1.96. The van der Waals surface area contributed by atoms with E-state index in [9.17, 15) is 0 Å². The zero-order chi connectivity index (χ0) is 14.1. The average Bonchev–Trinajstić information content (AvgIpc) is 2.82. The van der Waals surface area contributed by atoms with Crippen LogP contribution in [-0.2, 0) is 0 Å². The summed E-state index contributed by atoms with van der Waals surface area (Å²) in [7, 11) is 1.62. The van der Waals surface area contributed by atoms with Gasteiger partial charge < -0.3 is 10.1 Å². The number of nitrogens with one attached hydrogen (secondary N) is 1. The maximum Gasteiger partial charge on any atom is 0.188 e. The zero-order valence-electron chi connectivity index (χ0n) is 10.5. The molecule has 0 saturated heterocycles. The number of ether oxygens (including phenoxy) is 1. The molecule has 0 spiro atoms. The molecule has 0 saturated carbocycles. The second-order valence-corrected chi connectivity index (χ2v) is 5.98. The van der Waals surface area contributed by atoms with Crippen molar-refractivity contribution < 1.29 is 4.74 Å². The lowest BCUT2D eigenvalue weighted by Crippen LogP contribution is -1.91. The molecule has 102 valence electrons. The fourth-order valence-corrected chi connectivity index (χ4v) is 3.11. The standard InChI is InChI=1S/C14H10Cl2N2OS/c1-19-9-3-4-10(16)12(7-9)18-14-17-11-5-2-8(15)6-13(11)20-14/h2-7H,1H3,(H,17,18). The van der Waals surface area contributed by atoms with E-state index in [4.69, 9.17) is 27.9 Å². The van der Waals surface area contributed by atoms with E-state index in [0.29, 0.717) is 10.0 Å². The molecule has 0 aliphatic rings. The van der Waals surface area contributed by atoms with E-state index in [0.717, 1.165) is 26.8 Å². The van der Waals surface area contributed by atoms with E-state index >= 15 is 0 Å². The lowest BCUT2D eigenvalue weighted by molar-refractivity contribution is 0.415. The van der Waals surface area contributed by atoms with Gasteiger partial charge in [-0.05, 0) is 30.3 Å². The average molecular weight is 325 g/mol. The number of rotatable bonds is 3. The van der Waals surface area contributed by atoms with Crippen molar-refractivity contribution in [1.82, 2.24) is 4.98 Å². The van der Waals surface area contributed by atoms with Crippen molar-refractivity contribution in [3.05, 3.63) is 46.4 Å². The topological polar surface area (TPSA) is 34.1 Å². The fourth-order valence-electron chi connectivity index (χ4n) is 1.79. The van der Waals surface area contributed by atoms with Gasteiger partial charge in [0, 0.05) is 11.1 Å². The van der Waals surface area contributed by atoms with Crippen LogP contribution in [0.5, 0.6) is 5.75 Å². The van der Waals surface area contributed by atoms with Gasteiger partial charge in [-0.15, -0.1) is 0 Å². The number of aromatic nitrogens is 1. The van der Waals surface area contributed by atoms with Gasteiger partial charge in [0.1, 0.15) is 5.75 Å². The van der Waals surface area contributed by atoms with E-state index < -0.39 is 0 Å². The second kappa shape index (κ2) is 5.48. The highest BCUT2D eigenvalue weighted by molar-refractivity contribution is 7.22. The number of benzene rings is 2. The molecule has 3 rings (SSSR count). The van der Waals surface area contributed by atoms with Gasteiger partial charge in [-0.25, -0.2) is 4.98 Å². The first-order chi connectivity index (χ1) is 9.65. The van der Waals surface area contributed by atoms with E-state index in [2.05, 4.69) is 10.3 Å². The van der Waals surface area contributed by atoms with Crippen LogP contribution < -0.4 is 10.1 Å². The van der Waals surface area contributed by atoms with Crippen LogP contribution in [0.3, 0.4) is 0 Å². The second-order valence-electron chi connectivity index (χ2n) is 4.10. The number of hydrogen-bond donors (Lipinski definition) is 1. The summed E-state index contributed by atoms with van der Waals surface area (Å²) in [6.45, 7) is 0. The molecule has 0 aliphatic carbocycles. The van der Waals surface area contributed by atoms with Gasteiger partial charge in [0.15, 0.2) is 5.13 Å². The maximum atomic E-state index is 6.16. The Morgan fingerprint density at radius 2 is 2.00 bits per heavy atom. The molecule has 1 heterocycles. The third-order valence-electron chi connectivity index (χ3n) is 2.77. The minimum atomic E-state index is 0.614. The smallest absolute Gasteiger partial charge is 0.188 e. The first-order valence-corrected chi connectivity index (χ1v) is 7.39. The SMILES string of the molecule is COc1ccc(Cl)c(Nc2nc3ccc(Cl)cc3s2)c1. The van der Waals surface area contributed by atoms with Gasteiger partial charge in [-0.1, -0.05) is 34.5 Å². The molecule has 0 aliphatic heterocycles. The van der Waals surface area contributed by atoms with Gasteiger partial charge in [0.05, 0.1) is 28.0 Å². The summed E-state index contributed by atoms with van der Waals surface area (Å²) in [6, 6.07) is 11.0. The van der Waals surface area contributed by atoms with Gasteiger partial charge in [0.25, 0.3) is 0 Å². The van der Waals surface area contributed by atoms with Crippen LogP contribution in [-0.4, -0.2) is 12.1 Å². The van der Waals surface area contributed by atoms with Crippen molar-refractivity contribution in [2.24, 2.45) is 0 Å². The van der Waals surface area contributed by atoms with Crippen LogP contribution in [0.4, 0.5) is 10.8 Å². The number of anilines is 2. The molecule has 3 aromatic rings. The normalized spacial score (nSPS) is 10.8. The Morgan fingerprint density at radius 1 is 1.15 bits per heavy atom. The number of methoxy groups -OCH3 is 1. The summed E-state index contributed by atoms with van der Waals surface area (Å²) in [4.78, 5) is 4.50. The van der Waals surface area contributed by atoms with Gasteiger partial charge in [-0.3, -0.25) is 0 Å². The Kier molecular flexibility index (Phi) is 3.70. The van der Waals surface area contributed by atoms with Crippen molar-refractivity contribution in [2.75, 3.05) is 12.4 Å². The first kappa shape index (κ1) is 13.5. The van der Waals surface area contributed by atoms with Gasteiger partial charge in [0.2, 0.25) is 0 Å². The molecule has 1 N–H and O–H groups in total. The number of thiazole rings is 1. The highest BCUT2D eigenvalue weighted by Gasteiger charge is 2.08. The molecule has 0 unspecified atom stereocenters. The lowest BCUT2D eigenvalue weighted by atomic mass is 10.3. The van der Waals surface area contributed by atoms with Crippen LogP contribution in [0.2, 0.25) is 10.0 Å². The van der Waals surface area contributed by atoms with Crippen molar-refractivity contribution in [3.63, 3.8) is 0 Å². The summed E-state index contributed by atoms with van der Waals surface area (Å²) >= 11 is 13.7. The van der Waals surface area contributed by atoms with Crippen LogP contribution >= 0.6 is 34.5 Å². The summed E-state index contributed by atoms with van der Waals surface area (Å²) < 4.78 is 6.22. The van der Waals surface area contributed by atoms with Crippen molar-refractivity contribution >= 4 is 55.6 Å². The molecular weight excluding hydrogens is 315 g/mol. The van der Waals surface area contributed by atoms with E-state index in [1.807, 2.05) is 30.3 Å². The van der Waals surface area contributed by atoms with Crippen molar-refractivity contribution in [2.45, 2.75) is 0 Å².